The van der Waals surface area contributed by atoms with Crippen LogP contribution in [0.2, 0.25) is 13.1 Å². The van der Waals surface area contributed by atoms with Crippen LogP contribution in [0.5, 0.6) is 0 Å². The van der Waals surface area contributed by atoms with E-state index < -0.39 is 21.5 Å². The summed E-state index contributed by atoms with van der Waals surface area (Å²) >= 11 is -5.13. The summed E-state index contributed by atoms with van der Waals surface area (Å²) in [6.07, 6.45) is 11.8. The molecule has 2 aliphatic carbocycles. The van der Waals surface area contributed by atoms with Crippen LogP contribution in [0, 0.1) is 0 Å². The normalized spacial score (nSPS) is 16.6. The summed E-state index contributed by atoms with van der Waals surface area (Å²) in [6, 6.07) is 49.8. The third kappa shape index (κ3) is 7.89. The third-order valence-corrected chi connectivity index (χ3v) is 66.1. The second kappa shape index (κ2) is 18.5. The maximum absolute atomic E-state index is 9.16. The summed E-state index contributed by atoms with van der Waals surface area (Å²) in [6.45, 7) is 19.0. The Morgan fingerprint density at radius 1 is 0.484 bits per heavy atom. The molecule has 2 aliphatic rings. The molecule has 0 saturated carbocycles. The van der Waals surface area contributed by atoms with Gasteiger partial charge in [0.25, 0.3) is 0 Å². The van der Waals surface area contributed by atoms with Gasteiger partial charge in [0.05, 0.1) is 0 Å². The molecule has 0 bridgehead atoms. The Bertz CT molecular complexity index is 2460. The van der Waals surface area contributed by atoms with Gasteiger partial charge in [-0.15, -0.1) is 0 Å². The van der Waals surface area contributed by atoms with Gasteiger partial charge in [0, 0.05) is 0 Å². The molecule has 2 unspecified atom stereocenters. The molecule has 0 nitrogen and oxygen atoms in total. The Morgan fingerprint density at radius 2 is 0.839 bits per heavy atom. The van der Waals surface area contributed by atoms with Gasteiger partial charge in [-0.1, -0.05) is 0 Å². The summed E-state index contributed by atoms with van der Waals surface area (Å²) in [5.41, 5.74) is 21.6. The van der Waals surface area contributed by atoms with Crippen molar-refractivity contribution in [1.29, 1.82) is 0 Å². The molecule has 2 atom stereocenters. The van der Waals surface area contributed by atoms with Gasteiger partial charge in [0.1, 0.15) is 0 Å². The molecule has 0 heterocycles. The van der Waals surface area contributed by atoms with E-state index in [2.05, 4.69) is 200 Å². The van der Waals surface area contributed by atoms with E-state index >= 15 is 0 Å². The Kier molecular flexibility index (Phi) is 13.5. The number of benzene rings is 6. The second-order valence-electron chi connectivity index (χ2n) is 19.1. The van der Waals surface area contributed by atoms with Gasteiger partial charge in [-0.25, -0.2) is 0 Å². The molecule has 0 aromatic heterocycles. The summed E-state index contributed by atoms with van der Waals surface area (Å²) in [5.74, 6) is -1.10. The molecular formula is C58H65Cl2SiZr. The van der Waals surface area contributed by atoms with Crippen molar-refractivity contribution in [2.75, 3.05) is 0 Å². The first-order valence-corrected chi connectivity index (χ1v) is 39.8. The zero-order valence-electron chi connectivity index (χ0n) is 38.2. The van der Waals surface area contributed by atoms with E-state index in [-0.39, 0.29) is 7.25 Å². The maximum atomic E-state index is 9.16. The molecule has 6 aromatic carbocycles. The fourth-order valence-corrected chi connectivity index (χ4v) is 42.6. The number of fused-ring (bicyclic) bond motifs is 2. The van der Waals surface area contributed by atoms with Crippen LogP contribution in [0.1, 0.15) is 133 Å². The van der Waals surface area contributed by atoms with E-state index in [0.717, 1.165) is 38.5 Å². The molecule has 6 aromatic rings. The molecule has 0 fully saturated rings. The van der Waals surface area contributed by atoms with E-state index in [1.54, 1.807) is 0 Å². The van der Waals surface area contributed by atoms with Crippen LogP contribution < -0.4 is 0 Å². The van der Waals surface area contributed by atoms with E-state index in [1.807, 2.05) is 0 Å². The van der Waals surface area contributed by atoms with Crippen molar-refractivity contribution in [3.05, 3.63) is 178 Å². The quantitative estimate of drug-likeness (QED) is 0.0900. The Morgan fingerprint density at radius 3 is 1.18 bits per heavy atom. The molecule has 0 spiro atoms. The van der Waals surface area contributed by atoms with E-state index in [4.69, 9.17) is 17.0 Å². The Labute approximate surface area is 382 Å². The number of rotatable bonds is 15. The summed E-state index contributed by atoms with van der Waals surface area (Å²) in [4.78, 5) is 0. The standard InChI is InChI=1S/2C28H29.C2H7Si.2ClH.Zr/c2*1-4-5-11-21-18-23-16-17-24(20(2)3)28(27(23)19-21)26-15-10-9-14-25(26)22-12-7-6-8-13-22;1-3-2;;;/h2*6-10,12-20H,4-5,11H2,1-3H3;3H,1-2H3;2*1H;/q;;;;;+2/p-2. The average molecular weight is 952 g/mol. The van der Waals surface area contributed by atoms with Crippen molar-refractivity contribution in [2.24, 2.45) is 0 Å². The molecule has 0 amide bonds. The average Bonchev–Trinajstić information content (AvgIpc) is 3.87. The zero-order valence-corrected chi connectivity index (χ0v) is 43.4. The van der Waals surface area contributed by atoms with E-state index in [1.165, 1.54) is 89.0 Å². The Balaban J connectivity index is 1.41. The number of hydrogen-bond donors (Lipinski definition) is 0. The first-order chi connectivity index (χ1) is 29.9. The minimum absolute atomic E-state index is 0.0441. The van der Waals surface area contributed by atoms with Gasteiger partial charge in [-0.05, 0) is 0 Å². The van der Waals surface area contributed by atoms with Crippen LogP contribution >= 0.6 is 17.0 Å². The molecular weight excluding hydrogens is 887 g/mol. The minimum atomic E-state index is -5.13. The van der Waals surface area contributed by atoms with Gasteiger partial charge >= 0.3 is 385 Å². The van der Waals surface area contributed by atoms with E-state index in [9.17, 15) is 0 Å². The van der Waals surface area contributed by atoms with Crippen molar-refractivity contribution in [2.45, 2.75) is 112 Å². The first kappa shape index (κ1) is 45.1. The molecule has 4 heteroatoms. The molecule has 0 saturated heterocycles. The van der Waals surface area contributed by atoms with Crippen molar-refractivity contribution < 1.29 is 15.6 Å². The van der Waals surface area contributed by atoms with Gasteiger partial charge < -0.3 is 0 Å². The zero-order chi connectivity index (χ0) is 43.8. The number of unbranched alkanes of at least 4 members (excludes halogenated alkanes) is 2. The number of hydrogen-bond acceptors (Lipinski definition) is 0. The molecule has 0 radical (unpaired) electrons. The van der Waals surface area contributed by atoms with Crippen molar-refractivity contribution in [1.82, 2.24) is 0 Å². The van der Waals surface area contributed by atoms with Gasteiger partial charge in [-0.2, -0.15) is 0 Å². The molecule has 0 N–H and O–H groups in total. The SMILES string of the molecule is CCCCC1=Cc2c(ccc(C(C)C)c2-c2ccccc2-c2ccccc2)[CH]1[Zr]([Cl])([Cl])([CH]1C(CCCC)=Cc2c1ccc(C(C)C)c2-c1ccccc1-c1ccccc1)[SiH](C)C. The fraction of sp³-hybridized carbons (Fsp3) is 0.310. The van der Waals surface area contributed by atoms with Crippen LogP contribution in [0.25, 0.3) is 56.7 Å². The summed E-state index contributed by atoms with van der Waals surface area (Å²) < 4.78 is 0.0882. The molecule has 0 aliphatic heterocycles. The third-order valence-electron chi connectivity index (χ3n) is 14.3. The van der Waals surface area contributed by atoms with Crippen LogP contribution in [0.3, 0.4) is 0 Å². The number of halogens is 2. The topological polar surface area (TPSA) is 0 Å². The van der Waals surface area contributed by atoms with Crippen LogP contribution in [-0.2, 0) is 15.6 Å². The predicted octanol–water partition coefficient (Wildman–Crippen LogP) is 18.5. The van der Waals surface area contributed by atoms with Crippen LogP contribution in [0.4, 0.5) is 0 Å². The number of allylic oxidation sites excluding steroid dienone is 2. The van der Waals surface area contributed by atoms with Crippen molar-refractivity contribution in [3.8, 4) is 44.5 Å². The Hall–Kier alpha value is -3.52. The molecule has 319 valence electrons. The molecule has 62 heavy (non-hydrogen) atoms. The van der Waals surface area contributed by atoms with Crippen LogP contribution in [0.15, 0.2) is 145 Å². The van der Waals surface area contributed by atoms with Gasteiger partial charge in [0.15, 0.2) is 0 Å². The van der Waals surface area contributed by atoms with Crippen LogP contribution in [-0.4, -0.2) is 5.92 Å². The monoisotopic (exact) mass is 949 g/mol. The van der Waals surface area contributed by atoms with E-state index in [0.29, 0.717) is 11.8 Å². The van der Waals surface area contributed by atoms with Crippen molar-refractivity contribution in [3.63, 3.8) is 0 Å². The molecule has 8 rings (SSSR count). The van der Waals surface area contributed by atoms with Crippen molar-refractivity contribution >= 4 is 35.1 Å². The first-order valence-electron chi connectivity index (χ1n) is 23.5. The second-order valence-corrected chi connectivity index (χ2v) is 61.6. The van der Waals surface area contributed by atoms with Gasteiger partial charge in [-0.3, -0.25) is 0 Å². The fourth-order valence-electron chi connectivity index (χ4n) is 11.1. The summed E-state index contributed by atoms with van der Waals surface area (Å²) in [5, 5.41) is 0. The predicted molar refractivity (Wildman–Crippen MR) is 274 cm³/mol. The van der Waals surface area contributed by atoms with Gasteiger partial charge in [0.2, 0.25) is 0 Å². The summed E-state index contributed by atoms with van der Waals surface area (Å²) in [7, 11) is 18.3.